The van der Waals surface area contributed by atoms with Crippen LogP contribution in [-0.4, -0.2) is 36.1 Å². The minimum atomic E-state index is 0.209. The maximum atomic E-state index is 12.9. The highest BCUT2D eigenvalue weighted by Crippen LogP contribution is 2.28. The predicted octanol–water partition coefficient (Wildman–Crippen LogP) is 4.16. The smallest absolute Gasteiger partial charge is 0.222 e. The fourth-order valence-electron chi connectivity index (χ4n) is 4.23. The van der Waals surface area contributed by atoms with Crippen LogP contribution < -0.4 is 5.32 Å². The number of carbonyl (C=O) groups is 1. The molecule has 1 N–H and O–H groups in total. The first kappa shape index (κ1) is 20.4. The van der Waals surface area contributed by atoms with Gasteiger partial charge in [0.15, 0.2) is 5.76 Å². The summed E-state index contributed by atoms with van der Waals surface area (Å²) >= 11 is 0. The number of benzene rings is 2. The van der Waals surface area contributed by atoms with Gasteiger partial charge in [-0.3, -0.25) is 4.79 Å². The second-order valence-corrected chi connectivity index (χ2v) is 8.21. The van der Waals surface area contributed by atoms with Crippen molar-refractivity contribution in [3.05, 3.63) is 78.0 Å². The lowest BCUT2D eigenvalue weighted by Gasteiger charge is -2.32. The number of hydrogen-bond donors (Lipinski definition) is 1. The number of nitrogens with zero attached hydrogens (tertiary/aromatic N) is 2. The van der Waals surface area contributed by atoms with Crippen LogP contribution in [-0.2, 0) is 17.8 Å². The summed E-state index contributed by atoms with van der Waals surface area (Å²) in [5.41, 5.74) is 3.15. The Balaban J connectivity index is 1.37. The topological polar surface area (TPSA) is 58.4 Å². The van der Waals surface area contributed by atoms with Crippen LogP contribution in [0.4, 0.5) is 0 Å². The molecule has 2 heterocycles. The van der Waals surface area contributed by atoms with Crippen molar-refractivity contribution in [1.82, 2.24) is 15.4 Å². The zero-order valence-electron chi connectivity index (χ0n) is 17.5. The number of carbonyl (C=O) groups excluding carboxylic acids is 1. The summed E-state index contributed by atoms with van der Waals surface area (Å²) < 4.78 is 5.57. The Kier molecular flexibility index (Phi) is 6.60. The molecule has 1 fully saturated rings. The molecule has 5 nitrogen and oxygen atoms in total. The van der Waals surface area contributed by atoms with Crippen LogP contribution in [0.25, 0.3) is 11.3 Å². The van der Waals surface area contributed by atoms with Gasteiger partial charge in [0.25, 0.3) is 0 Å². The van der Waals surface area contributed by atoms with E-state index in [1.807, 2.05) is 66.5 Å². The zero-order valence-corrected chi connectivity index (χ0v) is 17.5. The Morgan fingerprint density at radius 2 is 1.83 bits per heavy atom. The third kappa shape index (κ3) is 5.16. The largest absolute Gasteiger partial charge is 0.356 e. The molecule has 156 valence electrons. The van der Waals surface area contributed by atoms with E-state index in [9.17, 15) is 4.79 Å². The first-order valence-corrected chi connectivity index (χ1v) is 10.7. The third-order valence-corrected chi connectivity index (χ3v) is 5.98. The molecule has 0 spiro atoms. The molecule has 0 saturated carbocycles. The molecule has 1 aliphatic heterocycles. The molecule has 1 aromatic heterocycles. The van der Waals surface area contributed by atoms with E-state index in [0.29, 0.717) is 24.8 Å². The highest BCUT2D eigenvalue weighted by Gasteiger charge is 2.29. The molecule has 3 aromatic rings. The predicted molar refractivity (Wildman–Crippen MR) is 118 cm³/mol. The molecular weight excluding hydrogens is 374 g/mol. The normalized spacial score (nSPS) is 18.8. The van der Waals surface area contributed by atoms with Crippen LogP contribution in [0.3, 0.4) is 0 Å². The van der Waals surface area contributed by atoms with Crippen molar-refractivity contribution in [2.45, 2.75) is 25.8 Å². The number of nitrogens with one attached hydrogen (secondary N) is 1. The molecule has 30 heavy (non-hydrogen) atoms. The molecule has 4 rings (SSSR count). The van der Waals surface area contributed by atoms with Crippen molar-refractivity contribution in [3.8, 4) is 11.3 Å². The molecule has 0 unspecified atom stereocenters. The first-order chi connectivity index (χ1) is 14.7. The average molecular weight is 404 g/mol. The van der Waals surface area contributed by atoms with Crippen LogP contribution in [0.2, 0.25) is 0 Å². The Morgan fingerprint density at radius 1 is 1.10 bits per heavy atom. The minimum absolute atomic E-state index is 0.209. The van der Waals surface area contributed by atoms with Gasteiger partial charge in [0.05, 0.1) is 5.69 Å². The van der Waals surface area contributed by atoms with Crippen LogP contribution in [0.1, 0.15) is 24.1 Å². The summed E-state index contributed by atoms with van der Waals surface area (Å²) in [6.45, 7) is 2.53. The van der Waals surface area contributed by atoms with E-state index >= 15 is 0 Å². The van der Waals surface area contributed by atoms with E-state index in [1.165, 1.54) is 0 Å². The summed E-state index contributed by atoms with van der Waals surface area (Å²) in [6, 6.07) is 22.2. The van der Waals surface area contributed by atoms with Gasteiger partial charge in [-0.15, -0.1) is 0 Å². The first-order valence-electron chi connectivity index (χ1n) is 10.7. The molecular formula is C25H29N3O2. The second-order valence-electron chi connectivity index (χ2n) is 8.21. The Labute approximate surface area is 178 Å². The monoisotopic (exact) mass is 403 g/mol. The Hall–Kier alpha value is -2.92. The van der Waals surface area contributed by atoms with Crippen molar-refractivity contribution in [1.29, 1.82) is 0 Å². The lowest BCUT2D eigenvalue weighted by molar-refractivity contribution is -0.132. The van der Waals surface area contributed by atoms with Gasteiger partial charge in [-0.25, -0.2) is 0 Å². The lowest BCUT2D eigenvalue weighted by atomic mass is 9.81. The number of rotatable bonds is 7. The highest BCUT2D eigenvalue weighted by atomic mass is 16.5. The van der Waals surface area contributed by atoms with Gasteiger partial charge in [0.2, 0.25) is 5.91 Å². The SMILES string of the molecule is CN(Cc1ccccc1)C(=O)C[C@H]1CCNC[C@@H]1Cc1cc(-c2ccccc2)on1. The number of hydrogen-bond acceptors (Lipinski definition) is 4. The van der Waals surface area contributed by atoms with Gasteiger partial charge in [-0.1, -0.05) is 65.8 Å². The Bertz CT molecular complexity index is 939. The molecule has 1 saturated heterocycles. The van der Waals surface area contributed by atoms with E-state index in [-0.39, 0.29) is 5.91 Å². The van der Waals surface area contributed by atoms with Gasteiger partial charge in [-0.2, -0.15) is 0 Å². The van der Waals surface area contributed by atoms with Crippen LogP contribution in [0, 0.1) is 11.8 Å². The minimum Gasteiger partial charge on any atom is -0.356 e. The third-order valence-electron chi connectivity index (χ3n) is 5.98. The van der Waals surface area contributed by atoms with E-state index in [0.717, 1.165) is 48.5 Å². The van der Waals surface area contributed by atoms with E-state index in [4.69, 9.17) is 4.52 Å². The van der Waals surface area contributed by atoms with Crippen molar-refractivity contribution >= 4 is 5.91 Å². The summed E-state index contributed by atoms with van der Waals surface area (Å²) in [5, 5.41) is 7.78. The summed E-state index contributed by atoms with van der Waals surface area (Å²) in [6.07, 6.45) is 2.42. The average Bonchev–Trinajstić information content (AvgIpc) is 3.25. The summed E-state index contributed by atoms with van der Waals surface area (Å²) in [7, 11) is 1.90. The molecule has 5 heteroatoms. The molecule has 1 amide bonds. The fraction of sp³-hybridized carbons (Fsp3) is 0.360. The maximum Gasteiger partial charge on any atom is 0.222 e. The quantitative estimate of drug-likeness (QED) is 0.644. The summed E-state index contributed by atoms with van der Waals surface area (Å²) in [5.74, 6) is 1.74. The van der Waals surface area contributed by atoms with Crippen LogP contribution in [0.15, 0.2) is 71.3 Å². The van der Waals surface area contributed by atoms with Gasteiger partial charge in [-0.05, 0) is 43.3 Å². The highest BCUT2D eigenvalue weighted by molar-refractivity contribution is 5.76. The van der Waals surface area contributed by atoms with Crippen LogP contribution in [0.5, 0.6) is 0 Å². The molecule has 1 aliphatic rings. The molecule has 0 bridgehead atoms. The van der Waals surface area contributed by atoms with Crippen molar-refractivity contribution in [2.24, 2.45) is 11.8 Å². The van der Waals surface area contributed by atoms with Gasteiger partial charge in [0, 0.05) is 31.6 Å². The van der Waals surface area contributed by atoms with Crippen molar-refractivity contribution in [2.75, 3.05) is 20.1 Å². The van der Waals surface area contributed by atoms with E-state index < -0.39 is 0 Å². The molecule has 0 radical (unpaired) electrons. The van der Waals surface area contributed by atoms with Gasteiger partial charge < -0.3 is 14.7 Å². The molecule has 2 atom stereocenters. The van der Waals surface area contributed by atoms with E-state index in [1.54, 1.807) is 0 Å². The molecule has 0 aliphatic carbocycles. The van der Waals surface area contributed by atoms with Crippen molar-refractivity contribution < 1.29 is 9.32 Å². The van der Waals surface area contributed by atoms with Crippen LogP contribution >= 0.6 is 0 Å². The standard InChI is InChI=1S/C25H29N3O2/c1-28(18-19-8-4-2-5-9-19)25(29)15-21-12-13-26-17-22(21)14-23-16-24(30-27-23)20-10-6-3-7-11-20/h2-11,16,21-22,26H,12-15,17-18H2,1H3/t21-,22+/m1/s1. The maximum absolute atomic E-state index is 12.9. The summed E-state index contributed by atoms with van der Waals surface area (Å²) in [4.78, 5) is 14.7. The Morgan fingerprint density at radius 3 is 2.60 bits per heavy atom. The van der Waals surface area contributed by atoms with Crippen molar-refractivity contribution in [3.63, 3.8) is 0 Å². The number of piperidine rings is 1. The zero-order chi connectivity index (χ0) is 20.8. The van der Waals surface area contributed by atoms with Gasteiger partial charge in [0.1, 0.15) is 0 Å². The number of amides is 1. The van der Waals surface area contributed by atoms with E-state index in [2.05, 4.69) is 22.6 Å². The van der Waals surface area contributed by atoms with Gasteiger partial charge >= 0.3 is 0 Å². The molecule has 2 aromatic carbocycles. The second kappa shape index (κ2) is 9.72. The fourth-order valence-corrected chi connectivity index (χ4v) is 4.23. The lowest BCUT2D eigenvalue weighted by Crippen LogP contribution is -2.40. The number of aromatic nitrogens is 1.